The van der Waals surface area contributed by atoms with Gasteiger partial charge >= 0.3 is 0 Å². The van der Waals surface area contributed by atoms with Crippen molar-refractivity contribution < 1.29 is 4.74 Å². The van der Waals surface area contributed by atoms with Gasteiger partial charge in [-0.2, -0.15) is 0 Å². The van der Waals surface area contributed by atoms with Gasteiger partial charge in [0.2, 0.25) is 0 Å². The van der Waals surface area contributed by atoms with Gasteiger partial charge in [0, 0.05) is 19.7 Å². The van der Waals surface area contributed by atoms with E-state index < -0.39 is 0 Å². The standard InChI is InChI=1S/C13H26N2O/c1-10-4-6-15(8-11(10)2)13(9-14)5-7-16-12(13)3/h10-12H,4-9,14H2,1-3H3. The predicted molar refractivity (Wildman–Crippen MR) is 66.3 cm³/mol. The quantitative estimate of drug-likeness (QED) is 0.775. The summed E-state index contributed by atoms with van der Waals surface area (Å²) in [5.41, 5.74) is 6.17. The van der Waals surface area contributed by atoms with Gasteiger partial charge in [0.15, 0.2) is 0 Å². The molecule has 0 spiro atoms. The van der Waals surface area contributed by atoms with Crippen molar-refractivity contribution in [1.29, 1.82) is 0 Å². The highest BCUT2D eigenvalue weighted by atomic mass is 16.5. The van der Waals surface area contributed by atoms with Crippen molar-refractivity contribution in [3.05, 3.63) is 0 Å². The molecule has 0 aliphatic carbocycles. The largest absolute Gasteiger partial charge is 0.376 e. The van der Waals surface area contributed by atoms with Crippen LogP contribution >= 0.6 is 0 Å². The van der Waals surface area contributed by atoms with Crippen LogP contribution in [-0.4, -0.2) is 42.8 Å². The summed E-state index contributed by atoms with van der Waals surface area (Å²) in [7, 11) is 0. The van der Waals surface area contributed by atoms with E-state index in [-0.39, 0.29) is 11.6 Å². The van der Waals surface area contributed by atoms with Crippen LogP contribution in [0.25, 0.3) is 0 Å². The van der Waals surface area contributed by atoms with Crippen LogP contribution in [0.3, 0.4) is 0 Å². The van der Waals surface area contributed by atoms with E-state index in [1.54, 1.807) is 0 Å². The predicted octanol–water partition coefficient (Wildman–Crippen LogP) is 1.47. The lowest BCUT2D eigenvalue weighted by Gasteiger charge is -2.47. The molecule has 0 amide bonds. The summed E-state index contributed by atoms with van der Waals surface area (Å²) < 4.78 is 5.75. The minimum absolute atomic E-state index is 0.119. The Kier molecular flexibility index (Phi) is 3.57. The number of ether oxygens (including phenoxy) is 1. The molecule has 0 bridgehead atoms. The molecule has 94 valence electrons. The first-order valence-corrected chi connectivity index (χ1v) is 6.67. The van der Waals surface area contributed by atoms with Gasteiger partial charge in [-0.25, -0.2) is 0 Å². The number of hydrogen-bond acceptors (Lipinski definition) is 3. The van der Waals surface area contributed by atoms with Gasteiger partial charge in [0.05, 0.1) is 11.6 Å². The number of nitrogens with zero attached hydrogens (tertiary/aromatic N) is 1. The van der Waals surface area contributed by atoms with Crippen molar-refractivity contribution in [3.63, 3.8) is 0 Å². The Balaban J connectivity index is 2.10. The third-order valence-corrected chi connectivity index (χ3v) is 4.98. The average molecular weight is 226 g/mol. The molecule has 2 saturated heterocycles. The summed E-state index contributed by atoms with van der Waals surface area (Å²) >= 11 is 0. The molecular weight excluding hydrogens is 200 g/mol. The Morgan fingerprint density at radius 1 is 1.31 bits per heavy atom. The number of rotatable bonds is 2. The first-order chi connectivity index (χ1) is 7.60. The topological polar surface area (TPSA) is 38.5 Å². The molecule has 3 nitrogen and oxygen atoms in total. The second kappa shape index (κ2) is 4.63. The van der Waals surface area contributed by atoms with Crippen LogP contribution < -0.4 is 5.73 Å². The van der Waals surface area contributed by atoms with Gasteiger partial charge in [-0.05, 0) is 38.1 Å². The molecule has 2 heterocycles. The highest BCUT2D eigenvalue weighted by molar-refractivity contribution is 5.02. The van der Waals surface area contributed by atoms with Crippen LogP contribution in [0.1, 0.15) is 33.6 Å². The molecule has 0 aromatic rings. The van der Waals surface area contributed by atoms with Gasteiger partial charge in [0.25, 0.3) is 0 Å². The molecule has 3 heteroatoms. The summed E-state index contributed by atoms with van der Waals surface area (Å²) in [6, 6.07) is 0. The summed E-state index contributed by atoms with van der Waals surface area (Å²) in [5.74, 6) is 1.63. The van der Waals surface area contributed by atoms with E-state index in [9.17, 15) is 0 Å². The van der Waals surface area contributed by atoms with E-state index >= 15 is 0 Å². The van der Waals surface area contributed by atoms with E-state index in [2.05, 4.69) is 25.7 Å². The Morgan fingerprint density at radius 3 is 2.56 bits per heavy atom. The maximum atomic E-state index is 6.05. The number of nitrogens with two attached hydrogens (primary N) is 1. The fourth-order valence-corrected chi connectivity index (χ4v) is 3.25. The van der Waals surface area contributed by atoms with Crippen LogP contribution in [0, 0.1) is 11.8 Å². The number of piperidine rings is 1. The van der Waals surface area contributed by atoms with Gasteiger partial charge in [0.1, 0.15) is 0 Å². The fourth-order valence-electron chi connectivity index (χ4n) is 3.25. The summed E-state index contributed by atoms with van der Waals surface area (Å²) in [6.45, 7) is 10.9. The van der Waals surface area contributed by atoms with Crippen LogP contribution in [0.4, 0.5) is 0 Å². The lowest BCUT2D eigenvalue weighted by Crippen LogP contribution is -2.61. The van der Waals surface area contributed by atoms with E-state index in [0.717, 1.165) is 31.4 Å². The summed E-state index contributed by atoms with van der Waals surface area (Å²) in [4.78, 5) is 2.61. The number of hydrogen-bond donors (Lipinski definition) is 1. The molecule has 2 aliphatic rings. The monoisotopic (exact) mass is 226 g/mol. The molecule has 2 fully saturated rings. The molecule has 0 saturated carbocycles. The van der Waals surface area contributed by atoms with E-state index in [0.29, 0.717) is 0 Å². The van der Waals surface area contributed by atoms with Crippen LogP contribution in [0.15, 0.2) is 0 Å². The zero-order valence-corrected chi connectivity index (χ0v) is 10.9. The molecule has 0 aromatic carbocycles. The van der Waals surface area contributed by atoms with Crippen molar-refractivity contribution in [2.24, 2.45) is 17.6 Å². The maximum absolute atomic E-state index is 6.05. The average Bonchev–Trinajstić information content (AvgIpc) is 2.65. The normalized spacial score (nSPS) is 46.1. The smallest absolute Gasteiger partial charge is 0.0743 e. The van der Waals surface area contributed by atoms with Crippen molar-refractivity contribution in [2.45, 2.75) is 45.3 Å². The van der Waals surface area contributed by atoms with Crippen molar-refractivity contribution in [2.75, 3.05) is 26.2 Å². The molecule has 2 rings (SSSR count). The zero-order chi connectivity index (χ0) is 11.8. The highest BCUT2D eigenvalue weighted by Gasteiger charge is 2.46. The minimum Gasteiger partial charge on any atom is -0.376 e. The Bertz CT molecular complexity index is 246. The van der Waals surface area contributed by atoms with Gasteiger partial charge in [-0.15, -0.1) is 0 Å². The third-order valence-electron chi connectivity index (χ3n) is 4.98. The van der Waals surface area contributed by atoms with Crippen molar-refractivity contribution in [3.8, 4) is 0 Å². The highest BCUT2D eigenvalue weighted by Crippen LogP contribution is 2.35. The van der Waals surface area contributed by atoms with Gasteiger partial charge in [-0.1, -0.05) is 13.8 Å². The Morgan fingerprint density at radius 2 is 2.06 bits per heavy atom. The van der Waals surface area contributed by atoms with Crippen LogP contribution in [-0.2, 0) is 4.74 Å². The van der Waals surface area contributed by atoms with Gasteiger partial charge in [-0.3, -0.25) is 4.90 Å². The number of likely N-dealkylation sites (tertiary alicyclic amines) is 1. The zero-order valence-electron chi connectivity index (χ0n) is 10.9. The molecule has 4 atom stereocenters. The van der Waals surface area contributed by atoms with E-state index in [4.69, 9.17) is 10.5 Å². The van der Waals surface area contributed by atoms with Crippen molar-refractivity contribution in [1.82, 2.24) is 4.90 Å². The lowest BCUT2D eigenvalue weighted by molar-refractivity contribution is -0.0165. The molecule has 0 aromatic heterocycles. The first kappa shape index (κ1) is 12.3. The second-order valence-corrected chi connectivity index (χ2v) is 5.76. The second-order valence-electron chi connectivity index (χ2n) is 5.76. The molecule has 2 aliphatic heterocycles. The summed E-state index contributed by atoms with van der Waals surface area (Å²) in [5, 5.41) is 0. The van der Waals surface area contributed by atoms with Crippen LogP contribution in [0.2, 0.25) is 0 Å². The third kappa shape index (κ3) is 1.89. The molecule has 4 unspecified atom stereocenters. The SMILES string of the molecule is CC1CCN(C2(CN)CCOC2C)CC1C. The maximum Gasteiger partial charge on any atom is 0.0743 e. The van der Waals surface area contributed by atoms with Gasteiger partial charge < -0.3 is 10.5 Å². The minimum atomic E-state index is 0.119. The molecule has 16 heavy (non-hydrogen) atoms. The summed E-state index contributed by atoms with van der Waals surface area (Å²) in [6.07, 6.45) is 2.69. The first-order valence-electron chi connectivity index (χ1n) is 6.67. The molecule has 0 radical (unpaired) electrons. The Hall–Kier alpha value is -0.120. The van der Waals surface area contributed by atoms with E-state index in [1.807, 2.05) is 0 Å². The van der Waals surface area contributed by atoms with E-state index in [1.165, 1.54) is 19.5 Å². The van der Waals surface area contributed by atoms with Crippen molar-refractivity contribution >= 4 is 0 Å². The fraction of sp³-hybridized carbons (Fsp3) is 1.00. The lowest BCUT2D eigenvalue weighted by atomic mass is 9.82. The molecule has 2 N–H and O–H groups in total. The Labute approximate surface area is 99.3 Å². The van der Waals surface area contributed by atoms with Crippen LogP contribution in [0.5, 0.6) is 0 Å². The molecular formula is C13H26N2O.